The van der Waals surface area contributed by atoms with E-state index < -0.39 is 0 Å². The number of hydrogen-bond acceptors (Lipinski definition) is 3. The predicted octanol–water partition coefficient (Wildman–Crippen LogP) is 2.03. The number of nitrogens with zero attached hydrogens (tertiary/aromatic N) is 1. The van der Waals surface area contributed by atoms with E-state index in [9.17, 15) is 4.39 Å². The van der Waals surface area contributed by atoms with Crippen LogP contribution < -0.4 is 10.2 Å². The molecule has 1 aliphatic heterocycles. The van der Waals surface area contributed by atoms with E-state index in [-0.39, 0.29) is 5.82 Å². The third kappa shape index (κ3) is 3.43. The van der Waals surface area contributed by atoms with Gasteiger partial charge in [0.2, 0.25) is 0 Å². The van der Waals surface area contributed by atoms with Crippen LogP contribution in [0, 0.1) is 5.82 Å². The van der Waals surface area contributed by atoms with E-state index in [0.29, 0.717) is 12.1 Å². The molecular formula is C14H21FN2O. The molecule has 1 aromatic rings. The molecule has 0 bridgehead atoms. The number of benzene rings is 1. The van der Waals surface area contributed by atoms with Crippen molar-refractivity contribution in [3.05, 3.63) is 30.1 Å². The molecule has 4 heteroatoms. The van der Waals surface area contributed by atoms with Gasteiger partial charge in [0.05, 0.1) is 13.2 Å². The molecule has 0 aromatic heterocycles. The highest BCUT2D eigenvalue weighted by Crippen LogP contribution is 2.18. The van der Waals surface area contributed by atoms with Gasteiger partial charge in [-0.3, -0.25) is 0 Å². The van der Waals surface area contributed by atoms with Crippen LogP contribution in [-0.4, -0.2) is 38.9 Å². The molecule has 18 heavy (non-hydrogen) atoms. The second-order valence-corrected chi connectivity index (χ2v) is 4.90. The number of nitrogens with one attached hydrogen (secondary N) is 1. The summed E-state index contributed by atoms with van der Waals surface area (Å²) in [6.07, 6.45) is 0.993. The summed E-state index contributed by atoms with van der Waals surface area (Å²) in [5, 5.41) is 3.44. The summed E-state index contributed by atoms with van der Waals surface area (Å²) < 4.78 is 18.6. The van der Waals surface area contributed by atoms with Crippen molar-refractivity contribution in [3.63, 3.8) is 0 Å². The molecule has 0 radical (unpaired) electrons. The molecule has 1 saturated heterocycles. The molecule has 1 aliphatic rings. The first-order chi connectivity index (χ1) is 8.66. The highest BCUT2D eigenvalue weighted by molar-refractivity contribution is 5.46. The Morgan fingerprint density at radius 3 is 3.06 bits per heavy atom. The first kappa shape index (κ1) is 13.3. The van der Waals surface area contributed by atoms with Crippen LogP contribution in [0.2, 0.25) is 0 Å². The van der Waals surface area contributed by atoms with Crippen LogP contribution in [0.3, 0.4) is 0 Å². The number of hydrogen-bond donors (Lipinski definition) is 1. The molecule has 2 atom stereocenters. The maximum atomic E-state index is 13.2. The van der Waals surface area contributed by atoms with Crippen LogP contribution in [0.5, 0.6) is 0 Å². The zero-order valence-corrected chi connectivity index (χ0v) is 11.0. The molecule has 0 amide bonds. The summed E-state index contributed by atoms with van der Waals surface area (Å²) in [5.41, 5.74) is 0.916. The first-order valence-corrected chi connectivity index (χ1v) is 6.46. The van der Waals surface area contributed by atoms with E-state index in [0.717, 1.165) is 31.9 Å². The highest BCUT2D eigenvalue weighted by Gasteiger charge is 2.19. The molecule has 0 saturated carbocycles. The molecule has 100 valence electrons. The predicted molar refractivity (Wildman–Crippen MR) is 71.5 cm³/mol. The molecule has 1 aromatic carbocycles. The average molecular weight is 252 g/mol. The van der Waals surface area contributed by atoms with E-state index in [4.69, 9.17) is 4.74 Å². The van der Waals surface area contributed by atoms with Gasteiger partial charge in [0.1, 0.15) is 5.82 Å². The summed E-state index contributed by atoms with van der Waals surface area (Å²) in [6.45, 7) is 4.63. The van der Waals surface area contributed by atoms with Gasteiger partial charge in [-0.2, -0.15) is 0 Å². The van der Waals surface area contributed by atoms with Crippen molar-refractivity contribution >= 4 is 5.69 Å². The third-order valence-electron chi connectivity index (χ3n) is 3.50. The Labute approximate surface area is 108 Å². The Hall–Kier alpha value is -1.13. The van der Waals surface area contributed by atoms with Crippen LogP contribution in [0.15, 0.2) is 24.3 Å². The van der Waals surface area contributed by atoms with Crippen LogP contribution in [0.25, 0.3) is 0 Å². The Morgan fingerprint density at radius 1 is 1.56 bits per heavy atom. The number of rotatable bonds is 4. The summed E-state index contributed by atoms with van der Waals surface area (Å²) in [7, 11) is 2.00. The minimum atomic E-state index is -0.189. The van der Waals surface area contributed by atoms with Crippen molar-refractivity contribution in [1.29, 1.82) is 0 Å². The number of ether oxygens (including phenoxy) is 1. The van der Waals surface area contributed by atoms with Gasteiger partial charge in [-0.1, -0.05) is 6.07 Å². The molecular weight excluding hydrogens is 231 g/mol. The van der Waals surface area contributed by atoms with Gasteiger partial charge in [0, 0.05) is 31.4 Å². The molecule has 1 N–H and O–H groups in total. The molecule has 2 rings (SSSR count). The lowest BCUT2D eigenvalue weighted by Gasteiger charge is -2.32. The minimum Gasteiger partial charge on any atom is -0.379 e. The van der Waals surface area contributed by atoms with Crippen molar-refractivity contribution in [1.82, 2.24) is 5.32 Å². The van der Waals surface area contributed by atoms with Crippen molar-refractivity contribution in [2.45, 2.75) is 25.4 Å². The smallest absolute Gasteiger partial charge is 0.125 e. The lowest BCUT2D eigenvalue weighted by Crippen LogP contribution is -2.45. The maximum absolute atomic E-state index is 13.2. The Morgan fingerprint density at radius 2 is 2.39 bits per heavy atom. The lowest BCUT2D eigenvalue weighted by atomic mass is 10.1. The highest BCUT2D eigenvalue weighted by atomic mass is 19.1. The summed E-state index contributed by atoms with van der Waals surface area (Å²) in [5.74, 6) is -0.189. The maximum Gasteiger partial charge on any atom is 0.125 e. The molecule has 1 fully saturated rings. The van der Waals surface area contributed by atoms with Crippen LogP contribution in [-0.2, 0) is 4.74 Å². The Bertz CT molecular complexity index is 380. The van der Waals surface area contributed by atoms with Crippen LogP contribution in [0.4, 0.5) is 10.1 Å². The number of halogens is 1. The van der Waals surface area contributed by atoms with Crippen LogP contribution in [0.1, 0.15) is 13.3 Å². The third-order valence-corrected chi connectivity index (χ3v) is 3.50. The van der Waals surface area contributed by atoms with E-state index in [2.05, 4.69) is 17.1 Å². The van der Waals surface area contributed by atoms with Crippen molar-refractivity contribution in [2.24, 2.45) is 0 Å². The van der Waals surface area contributed by atoms with E-state index >= 15 is 0 Å². The van der Waals surface area contributed by atoms with Gasteiger partial charge < -0.3 is 15.0 Å². The zero-order valence-electron chi connectivity index (χ0n) is 11.0. The van der Waals surface area contributed by atoms with Gasteiger partial charge in [-0.05, 0) is 31.5 Å². The second-order valence-electron chi connectivity index (χ2n) is 4.90. The quantitative estimate of drug-likeness (QED) is 0.887. The second kappa shape index (κ2) is 6.16. The molecule has 2 unspecified atom stereocenters. The van der Waals surface area contributed by atoms with Crippen molar-refractivity contribution in [2.75, 3.05) is 31.7 Å². The fourth-order valence-electron chi connectivity index (χ4n) is 2.29. The fraction of sp³-hybridized carbons (Fsp3) is 0.571. The van der Waals surface area contributed by atoms with E-state index in [1.807, 2.05) is 13.1 Å². The average Bonchev–Trinajstić information content (AvgIpc) is 2.39. The summed E-state index contributed by atoms with van der Waals surface area (Å²) >= 11 is 0. The monoisotopic (exact) mass is 252 g/mol. The normalized spacial score (nSPS) is 21.6. The van der Waals surface area contributed by atoms with Gasteiger partial charge in [0.15, 0.2) is 0 Å². The molecule has 1 heterocycles. The zero-order chi connectivity index (χ0) is 13.0. The SMILES string of the molecule is CC(CC1COCCN1)N(C)c1cccc(F)c1. The van der Waals surface area contributed by atoms with Crippen molar-refractivity contribution < 1.29 is 9.13 Å². The summed E-state index contributed by atoms with van der Waals surface area (Å²) in [6, 6.07) is 7.45. The topological polar surface area (TPSA) is 24.5 Å². The molecule has 0 spiro atoms. The van der Waals surface area contributed by atoms with Gasteiger partial charge >= 0.3 is 0 Å². The number of morpholine rings is 1. The Balaban J connectivity index is 1.93. The van der Waals surface area contributed by atoms with Gasteiger partial charge in [-0.25, -0.2) is 4.39 Å². The largest absolute Gasteiger partial charge is 0.379 e. The summed E-state index contributed by atoms with van der Waals surface area (Å²) in [4.78, 5) is 2.11. The fourth-order valence-corrected chi connectivity index (χ4v) is 2.29. The Kier molecular flexibility index (Phi) is 4.55. The lowest BCUT2D eigenvalue weighted by molar-refractivity contribution is 0.0724. The van der Waals surface area contributed by atoms with Crippen molar-refractivity contribution in [3.8, 4) is 0 Å². The van der Waals surface area contributed by atoms with Gasteiger partial charge in [0.25, 0.3) is 0 Å². The minimum absolute atomic E-state index is 0.189. The molecule has 3 nitrogen and oxygen atoms in total. The number of anilines is 1. The molecule has 0 aliphatic carbocycles. The standard InChI is InChI=1S/C14H21FN2O/c1-11(8-13-10-18-7-6-16-13)17(2)14-5-3-4-12(15)9-14/h3-5,9,11,13,16H,6-8,10H2,1-2H3. The van der Waals surface area contributed by atoms with E-state index in [1.54, 1.807) is 12.1 Å². The van der Waals surface area contributed by atoms with Gasteiger partial charge in [-0.15, -0.1) is 0 Å². The van der Waals surface area contributed by atoms with E-state index in [1.165, 1.54) is 6.07 Å². The van der Waals surface area contributed by atoms with Crippen LogP contribution >= 0.6 is 0 Å². The first-order valence-electron chi connectivity index (χ1n) is 6.46.